The number of hydrogen-bond donors (Lipinski definition) is 0. The predicted octanol–water partition coefficient (Wildman–Crippen LogP) is 6.79. The summed E-state index contributed by atoms with van der Waals surface area (Å²) < 4.78 is 30.4. The Morgan fingerprint density at radius 1 is 1.03 bits per heavy atom. The van der Waals surface area contributed by atoms with E-state index in [1.807, 2.05) is 18.2 Å². The maximum Gasteiger partial charge on any atom is 0.263 e. The van der Waals surface area contributed by atoms with Crippen LogP contribution in [-0.4, -0.2) is 32.1 Å². The molecule has 0 amide bonds. The van der Waals surface area contributed by atoms with Gasteiger partial charge >= 0.3 is 0 Å². The van der Waals surface area contributed by atoms with E-state index in [9.17, 15) is 8.78 Å². The molecule has 0 N–H and O–H groups in total. The number of ether oxygens (including phenoxy) is 1. The van der Waals surface area contributed by atoms with Crippen LogP contribution >= 0.6 is 0 Å². The first kappa shape index (κ1) is 22.6. The lowest BCUT2D eigenvalue weighted by molar-refractivity contribution is -0.0778. The fourth-order valence-corrected chi connectivity index (χ4v) is 4.29. The first-order chi connectivity index (χ1) is 14.5. The SMILES string of the molecule is C=Cc1ccc(C2(OC)CCC2)cc1.CN1CCC(c2ccc(C(F)F)cc2)CC1. The largest absolute Gasteiger partial charge is 0.374 e. The molecule has 2 aromatic carbocycles. The second kappa shape index (κ2) is 10.3. The molecule has 1 aliphatic heterocycles. The maximum atomic E-state index is 12.4. The van der Waals surface area contributed by atoms with E-state index in [2.05, 4.69) is 42.8 Å². The van der Waals surface area contributed by atoms with Gasteiger partial charge in [-0.15, -0.1) is 0 Å². The highest BCUT2D eigenvalue weighted by Crippen LogP contribution is 2.44. The number of hydrogen-bond acceptors (Lipinski definition) is 2. The van der Waals surface area contributed by atoms with Gasteiger partial charge in [0, 0.05) is 12.7 Å². The van der Waals surface area contributed by atoms with E-state index in [-0.39, 0.29) is 11.2 Å². The smallest absolute Gasteiger partial charge is 0.263 e. The lowest BCUT2D eigenvalue weighted by Gasteiger charge is -2.41. The fourth-order valence-electron chi connectivity index (χ4n) is 4.29. The Kier molecular flexibility index (Phi) is 7.79. The number of methoxy groups -OCH3 is 1. The number of piperidine rings is 1. The van der Waals surface area contributed by atoms with Gasteiger partial charge in [0.15, 0.2) is 0 Å². The molecule has 30 heavy (non-hydrogen) atoms. The molecule has 1 heterocycles. The van der Waals surface area contributed by atoms with Gasteiger partial charge in [-0.3, -0.25) is 0 Å². The Morgan fingerprint density at radius 2 is 1.63 bits per heavy atom. The molecular formula is C26H33F2NO. The lowest BCUT2D eigenvalue weighted by atomic mass is 9.75. The van der Waals surface area contributed by atoms with Crippen LogP contribution in [0.2, 0.25) is 0 Å². The molecule has 0 atom stereocenters. The van der Waals surface area contributed by atoms with Crippen molar-refractivity contribution in [2.75, 3.05) is 27.2 Å². The average Bonchev–Trinajstić information content (AvgIpc) is 2.75. The van der Waals surface area contributed by atoms with E-state index >= 15 is 0 Å². The van der Waals surface area contributed by atoms with Gasteiger partial charge in [-0.1, -0.05) is 61.2 Å². The zero-order valence-corrected chi connectivity index (χ0v) is 18.1. The summed E-state index contributed by atoms with van der Waals surface area (Å²) in [6.45, 7) is 5.94. The van der Waals surface area contributed by atoms with Gasteiger partial charge in [0.05, 0.1) is 5.60 Å². The Balaban J connectivity index is 0.000000172. The van der Waals surface area contributed by atoms with Crippen LogP contribution in [0.5, 0.6) is 0 Å². The normalized spacial score (nSPS) is 19.0. The van der Waals surface area contributed by atoms with Crippen LogP contribution in [0.25, 0.3) is 6.08 Å². The van der Waals surface area contributed by atoms with Crippen LogP contribution in [0.15, 0.2) is 55.1 Å². The molecule has 1 saturated carbocycles. The summed E-state index contributed by atoms with van der Waals surface area (Å²) in [4.78, 5) is 2.31. The number of nitrogens with zero attached hydrogens (tertiary/aromatic N) is 1. The zero-order chi connectivity index (χ0) is 21.6. The van der Waals surface area contributed by atoms with Gasteiger partial charge in [0.25, 0.3) is 6.43 Å². The Morgan fingerprint density at radius 3 is 2.07 bits per heavy atom. The van der Waals surface area contributed by atoms with Crippen LogP contribution < -0.4 is 0 Å². The molecule has 0 unspecified atom stereocenters. The first-order valence-electron chi connectivity index (χ1n) is 10.8. The minimum atomic E-state index is -2.36. The van der Waals surface area contributed by atoms with E-state index in [0.29, 0.717) is 5.92 Å². The van der Waals surface area contributed by atoms with E-state index < -0.39 is 6.43 Å². The van der Waals surface area contributed by atoms with Crippen molar-refractivity contribution in [2.24, 2.45) is 0 Å². The molecule has 162 valence electrons. The van der Waals surface area contributed by atoms with Crippen molar-refractivity contribution >= 4 is 6.08 Å². The van der Waals surface area contributed by atoms with Crippen LogP contribution in [0.3, 0.4) is 0 Å². The summed E-state index contributed by atoms with van der Waals surface area (Å²) in [5.74, 6) is 0.544. The van der Waals surface area contributed by atoms with Gasteiger partial charge in [-0.2, -0.15) is 0 Å². The van der Waals surface area contributed by atoms with Gasteiger partial charge in [0.1, 0.15) is 0 Å². The molecule has 2 nitrogen and oxygen atoms in total. The van der Waals surface area contributed by atoms with Gasteiger partial charge in [0.2, 0.25) is 0 Å². The number of halogens is 2. The molecule has 4 rings (SSSR count). The summed E-state index contributed by atoms with van der Waals surface area (Å²) in [5.41, 5.74) is 3.81. The van der Waals surface area contributed by atoms with Gasteiger partial charge in [-0.05, 0) is 74.8 Å². The molecule has 2 aromatic rings. The van der Waals surface area contributed by atoms with E-state index in [0.717, 1.165) is 38.8 Å². The quantitative estimate of drug-likeness (QED) is 0.535. The van der Waals surface area contributed by atoms with Crippen LogP contribution in [0.4, 0.5) is 8.78 Å². The molecular weight excluding hydrogens is 380 g/mol. The van der Waals surface area contributed by atoms with Crippen molar-refractivity contribution in [1.82, 2.24) is 4.90 Å². The molecule has 0 radical (unpaired) electrons. The zero-order valence-electron chi connectivity index (χ0n) is 18.1. The average molecular weight is 414 g/mol. The predicted molar refractivity (Wildman–Crippen MR) is 120 cm³/mol. The molecule has 2 aliphatic rings. The van der Waals surface area contributed by atoms with E-state index in [1.54, 1.807) is 19.2 Å². The summed E-state index contributed by atoms with van der Waals surface area (Å²) in [6.07, 6.45) is 5.34. The van der Waals surface area contributed by atoms with E-state index in [4.69, 9.17) is 4.74 Å². The third kappa shape index (κ3) is 5.35. The van der Waals surface area contributed by atoms with E-state index in [1.165, 1.54) is 23.1 Å². The Hall–Kier alpha value is -2.04. The van der Waals surface area contributed by atoms with Crippen LogP contribution in [0, 0.1) is 0 Å². The van der Waals surface area contributed by atoms with Crippen molar-refractivity contribution in [2.45, 2.75) is 50.0 Å². The molecule has 0 spiro atoms. The molecule has 2 fully saturated rings. The number of benzene rings is 2. The van der Waals surface area contributed by atoms with Gasteiger partial charge in [-0.25, -0.2) is 8.78 Å². The Labute approximate surface area is 179 Å². The molecule has 1 aliphatic carbocycles. The monoisotopic (exact) mass is 413 g/mol. The lowest BCUT2D eigenvalue weighted by Crippen LogP contribution is -2.35. The topological polar surface area (TPSA) is 12.5 Å². The first-order valence-corrected chi connectivity index (χ1v) is 10.8. The second-order valence-corrected chi connectivity index (χ2v) is 8.42. The third-order valence-corrected chi connectivity index (χ3v) is 6.60. The van der Waals surface area contributed by atoms with Crippen molar-refractivity contribution in [3.63, 3.8) is 0 Å². The maximum absolute atomic E-state index is 12.4. The second-order valence-electron chi connectivity index (χ2n) is 8.42. The summed E-state index contributed by atoms with van der Waals surface area (Å²) >= 11 is 0. The van der Waals surface area contributed by atoms with Crippen LogP contribution in [-0.2, 0) is 10.3 Å². The molecule has 0 aromatic heterocycles. The highest BCUT2D eigenvalue weighted by Gasteiger charge is 2.38. The highest BCUT2D eigenvalue weighted by molar-refractivity contribution is 5.48. The Bertz CT molecular complexity index is 783. The minimum Gasteiger partial charge on any atom is -0.374 e. The molecule has 1 saturated heterocycles. The summed E-state index contributed by atoms with van der Waals surface area (Å²) in [7, 11) is 3.93. The van der Waals surface area contributed by atoms with Crippen molar-refractivity contribution in [3.05, 3.63) is 77.4 Å². The fraction of sp³-hybridized carbons (Fsp3) is 0.462. The van der Waals surface area contributed by atoms with Crippen LogP contribution in [0.1, 0.15) is 66.7 Å². The number of rotatable bonds is 5. The highest BCUT2D eigenvalue weighted by atomic mass is 19.3. The number of alkyl halides is 2. The summed E-state index contributed by atoms with van der Waals surface area (Å²) in [5, 5.41) is 0. The third-order valence-electron chi connectivity index (χ3n) is 6.60. The summed E-state index contributed by atoms with van der Waals surface area (Å²) in [6, 6.07) is 15.3. The standard InChI is InChI=1S/C13H17F2N.C13H16O/c1-16-8-6-11(7-9-16)10-2-4-12(5-3-10)13(14)15;1-3-11-5-7-12(8-6-11)13(14-2)9-4-10-13/h2-5,11,13H,6-9H2,1H3;3,5-8H,1,4,9-10H2,2H3. The van der Waals surface area contributed by atoms with Crippen molar-refractivity contribution in [1.29, 1.82) is 0 Å². The van der Waals surface area contributed by atoms with Crippen molar-refractivity contribution in [3.8, 4) is 0 Å². The van der Waals surface area contributed by atoms with Crippen molar-refractivity contribution < 1.29 is 13.5 Å². The number of likely N-dealkylation sites (tertiary alicyclic amines) is 1. The van der Waals surface area contributed by atoms with Gasteiger partial charge < -0.3 is 9.64 Å². The minimum absolute atomic E-state index is 0.0136. The molecule has 0 bridgehead atoms. The molecule has 4 heteroatoms.